The predicted octanol–water partition coefficient (Wildman–Crippen LogP) is 2.08. The molecule has 0 aliphatic rings. The number of aromatic nitrogens is 3. The quantitative estimate of drug-likeness (QED) is 0.792. The third kappa shape index (κ3) is 1.94. The molecule has 78 valence electrons. The largest absolute Gasteiger partial charge is 0.388 e. The van der Waals surface area contributed by atoms with Crippen molar-refractivity contribution in [3.63, 3.8) is 0 Å². The molecule has 0 atom stereocenters. The van der Waals surface area contributed by atoms with Crippen LogP contribution in [-0.4, -0.2) is 19.9 Å². The molecular formula is C9H8ClN3OS. The van der Waals surface area contributed by atoms with Gasteiger partial charge in [-0.25, -0.2) is 0 Å². The minimum absolute atomic E-state index is 0.171. The zero-order valence-corrected chi connectivity index (χ0v) is 9.22. The lowest BCUT2D eigenvalue weighted by molar-refractivity contribution is 0.269. The normalized spacial score (nSPS) is 10.5. The zero-order chi connectivity index (χ0) is 10.8. The molecule has 0 aliphatic carbocycles. The molecule has 0 aliphatic heterocycles. The Morgan fingerprint density at radius 1 is 1.40 bits per heavy atom. The molecule has 1 aromatic carbocycles. The standard InChI is InChI=1S/C9H8ClN3OS/c10-6-1-3-7(4-2-6)13-8(5-14)11-12-9(13)15/h1-4,14H,5H2,(H,12,15). The first kappa shape index (κ1) is 10.4. The van der Waals surface area contributed by atoms with Crippen LogP contribution in [0.5, 0.6) is 0 Å². The number of benzene rings is 1. The van der Waals surface area contributed by atoms with Gasteiger partial charge in [0.05, 0.1) is 0 Å². The maximum Gasteiger partial charge on any atom is 0.199 e. The number of aromatic amines is 1. The fraction of sp³-hybridized carbons (Fsp3) is 0.111. The van der Waals surface area contributed by atoms with Gasteiger partial charge in [0.2, 0.25) is 0 Å². The van der Waals surface area contributed by atoms with Gasteiger partial charge >= 0.3 is 0 Å². The molecule has 0 spiro atoms. The molecule has 0 saturated heterocycles. The molecule has 0 unspecified atom stereocenters. The van der Waals surface area contributed by atoms with E-state index in [0.29, 0.717) is 15.6 Å². The number of halogens is 1. The monoisotopic (exact) mass is 241 g/mol. The van der Waals surface area contributed by atoms with Crippen molar-refractivity contribution >= 4 is 23.8 Å². The second-order valence-corrected chi connectivity index (χ2v) is 3.74. The average molecular weight is 242 g/mol. The maximum atomic E-state index is 9.07. The summed E-state index contributed by atoms with van der Waals surface area (Å²) < 4.78 is 2.10. The van der Waals surface area contributed by atoms with E-state index in [2.05, 4.69) is 10.2 Å². The van der Waals surface area contributed by atoms with Gasteiger partial charge in [-0.15, -0.1) is 0 Å². The van der Waals surface area contributed by atoms with E-state index in [9.17, 15) is 0 Å². The highest BCUT2D eigenvalue weighted by molar-refractivity contribution is 7.71. The Hall–Kier alpha value is -1.17. The van der Waals surface area contributed by atoms with Crippen LogP contribution in [0.2, 0.25) is 5.02 Å². The number of nitrogens with one attached hydrogen (secondary N) is 1. The van der Waals surface area contributed by atoms with Gasteiger partial charge in [0.15, 0.2) is 10.6 Å². The van der Waals surface area contributed by atoms with E-state index in [1.807, 2.05) is 12.1 Å². The van der Waals surface area contributed by atoms with Crippen LogP contribution in [-0.2, 0) is 6.61 Å². The Bertz CT molecular complexity index is 517. The summed E-state index contributed by atoms with van der Waals surface area (Å²) >= 11 is 10.8. The molecule has 2 rings (SSSR count). The van der Waals surface area contributed by atoms with E-state index in [-0.39, 0.29) is 6.61 Å². The summed E-state index contributed by atoms with van der Waals surface area (Å²) in [5, 5.41) is 16.2. The molecule has 1 heterocycles. The van der Waals surface area contributed by atoms with Crippen LogP contribution >= 0.6 is 23.8 Å². The minimum atomic E-state index is -0.171. The van der Waals surface area contributed by atoms with Crippen LogP contribution in [0.15, 0.2) is 24.3 Å². The first-order valence-electron chi connectivity index (χ1n) is 4.25. The molecule has 0 saturated carbocycles. The number of aliphatic hydroxyl groups excluding tert-OH is 1. The number of hydrogen-bond acceptors (Lipinski definition) is 3. The Labute approximate surface area is 96.1 Å². The van der Waals surface area contributed by atoms with Crippen LogP contribution in [0.4, 0.5) is 0 Å². The highest BCUT2D eigenvalue weighted by Crippen LogP contribution is 2.15. The van der Waals surface area contributed by atoms with Crippen molar-refractivity contribution in [2.45, 2.75) is 6.61 Å². The summed E-state index contributed by atoms with van der Waals surface area (Å²) in [6, 6.07) is 7.14. The summed E-state index contributed by atoms with van der Waals surface area (Å²) in [7, 11) is 0. The van der Waals surface area contributed by atoms with Crippen molar-refractivity contribution in [1.82, 2.24) is 14.8 Å². The lowest BCUT2D eigenvalue weighted by Gasteiger charge is -2.04. The summed E-state index contributed by atoms with van der Waals surface area (Å²) in [5.41, 5.74) is 0.821. The fourth-order valence-electron chi connectivity index (χ4n) is 1.29. The van der Waals surface area contributed by atoms with Crippen molar-refractivity contribution in [2.75, 3.05) is 0 Å². The molecule has 0 radical (unpaired) electrons. The Balaban J connectivity index is 2.57. The number of H-pyrrole nitrogens is 1. The molecule has 4 nitrogen and oxygen atoms in total. The predicted molar refractivity (Wildman–Crippen MR) is 59.7 cm³/mol. The molecule has 0 amide bonds. The second kappa shape index (κ2) is 4.14. The third-order valence-electron chi connectivity index (χ3n) is 1.97. The molecule has 6 heteroatoms. The Morgan fingerprint density at radius 2 is 2.07 bits per heavy atom. The van der Waals surface area contributed by atoms with E-state index in [1.165, 1.54) is 0 Å². The first-order chi connectivity index (χ1) is 7.22. The average Bonchev–Trinajstić information content (AvgIpc) is 2.61. The van der Waals surface area contributed by atoms with Crippen molar-refractivity contribution in [3.05, 3.63) is 39.9 Å². The highest BCUT2D eigenvalue weighted by Gasteiger charge is 2.06. The summed E-state index contributed by atoms with van der Waals surface area (Å²) in [4.78, 5) is 0. The number of hydrogen-bond donors (Lipinski definition) is 2. The Kier molecular flexibility index (Phi) is 2.86. The van der Waals surface area contributed by atoms with Crippen LogP contribution in [0.3, 0.4) is 0 Å². The van der Waals surface area contributed by atoms with E-state index in [4.69, 9.17) is 28.9 Å². The van der Waals surface area contributed by atoms with E-state index < -0.39 is 0 Å². The van der Waals surface area contributed by atoms with Crippen LogP contribution < -0.4 is 0 Å². The van der Waals surface area contributed by atoms with Gasteiger partial charge in [-0.3, -0.25) is 9.67 Å². The van der Waals surface area contributed by atoms with Gasteiger partial charge in [-0.1, -0.05) is 11.6 Å². The number of nitrogens with zero attached hydrogens (tertiary/aromatic N) is 2. The Morgan fingerprint density at radius 3 is 2.67 bits per heavy atom. The van der Waals surface area contributed by atoms with Gasteiger partial charge in [0.25, 0.3) is 0 Å². The minimum Gasteiger partial charge on any atom is -0.388 e. The van der Waals surface area contributed by atoms with E-state index in [1.54, 1.807) is 16.7 Å². The van der Waals surface area contributed by atoms with Crippen LogP contribution in [0.1, 0.15) is 5.82 Å². The molecule has 0 fully saturated rings. The van der Waals surface area contributed by atoms with Gasteiger partial charge < -0.3 is 5.11 Å². The van der Waals surface area contributed by atoms with Crippen LogP contribution in [0, 0.1) is 4.77 Å². The van der Waals surface area contributed by atoms with Gasteiger partial charge in [0, 0.05) is 10.7 Å². The molecule has 2 aromatic rings. The molecular weight excluding hydrogens is 234 g/mol. The van der Waals surface area contributed by atoms with Crippen molar-refractivity contribution in [2.24, 2.45) is 0 Å². The molecule has 2 N–H and O–H groups in total. The smallest absolute Gasteiger partial charge is 0.199 e. The van der Waals surface area contributed by atoms with E-state index >= 15 is 0 Å². The summed E-state index contributed by atoms with van der Waals surface area (Å²) in [5.74, 6) is 0.474. The maximum absolute atomic E-state index is 9.07. The van der Waals surface area contributed by atoms with E-state index in [0.717, 1.165) is 5.69 Å². The lowest BCUT2D eigenvalue weighted by atomic mass is 10.3. The molecule has 15 heavy (non-hydrogen) atoms. The van der Waals surface area contributed by atoms with Gasteiger partial charge in [0.1, 0.15) is 6.61 Å². The van der Waals surface area contributed by atoms with Crippen LogP contribution in [0.25, 0.3) is 5.69 Å². The van der Waals surface area contributed by atoms with Crippen molar-refractivity contribution in [3.8, 4) is 5.69 Å². The van der Waals surface area contributed by atoms with Crippen molar-refractivity contribution < 1.29 is 5.11 Å². The summed E-state index contributed by atoms with van der Waals surface area (Å²) in [6.07, 6.45) is 0. The second-order valence-electron chi connectivity index (χ2n) is 2.91. The van der Waals surface area contributed by atoms with Crippen molar-refractivity contribution in [1.29, 1.82) is 0 Å². The zero-order valence-electron chi connectivity index (χ0n) is 7.64. The SMILES string of the molecule is OCc1n[nH]c(=S)n1-c1ccc(Cl)cc1. The molecule has 1 aromatic heterocycles. The van der Waals surface area contributed by atoms with Gasteiger partial charge in [-0.2, -0.15) is 5.10 Å². The number of aliphatic hydroxyl groups is 1. The third-order valence-corrected chi connectivity index (χ3v) is 2.49. The lowest BCUT2D eigenvalue weighted by Crippen LogP contribution is -2.00. The molecule has 0 bridgehead atoms. The number of rotatable bonds is 2. The first-order valence-corrected chi connectivity index (χ1v) is 5.04. The topological polar surface area (TPSA) is 53.8 Å². The fourth-order valence-corrected chi connectivity index (χ4v) is 1.67. The van der Waals surface area contributed by atoms with Gasteiger partial charge in [-0.05, 0) is 36.5 Å². The summed E-state index contributed by atoms with van der Waals surface area (Å²) in [6.45, 7) is -0.171. The highest BCUT2D eigenvalue weighted by atomic mass is 35.5.